The fraction of sp³-hybridized carbons (Fsp3) is 0.133. The number of aromatic nitrogens is 1. The van der Waals surface area contributed by atoms with Gasteiger partial charge in [0.25, 0.3) is 5.91 Å². The van der Waals surface area contributed by atoms with E-state index < -0.39 is 11.9 Å². The van der Waals surface area contributed by atoms with Crippen molar-refractivity contribution in [2.45, 2.75) is 6.54 Å². The lowest BCUT2D eigenvalue weighted by Crippen LogP contribution is -2.37. The van der Waals surface area contributed by atoms with Crippen LogP contribution in [0.15, 0.2) is 48.7 Å². The molecule has 2 rings (SSSR count). The predicted octanol–water partition coefficient (Wildman–Crippen LogP) is 1.27. The highest BCUT2D eigenvalue weighted by atomic mass is 19.1. The molecule has 0 aliphatic carbocycles. The molecule has 0 unspecified atom stereocenters. The summed E-state index contributed by atoms with van der Waals surface area (Å²) in [6, 6.07) is 12.1. The molecule has 0 saturated carbocycles. The van der Waals surface area contributed by atoms with Gasteiger partial charge in [0.05, 0.1) is 12.1 Å². The average molecular weight is 287 g/mol. The lowest BCUT2D eigenvalue weighted by Gasteiger charge is -2.07. The van der Waals surface area contributed by atoms with E-state index in [1.807, 2.05) is 30.3 Å². The molecule has 1 heterocycles. The van der Waals surface area contributed by atoms with E-state index in [2.05, 4.69) is 15.6 Å². The van der Waals surface area contributed by atoms with Gasteiger partial charge in [-0.25, -0.2) is 4.98 Å². The van der Waals surface area contributed by atoms with Crippen LogP contribution in [0, 0.1) is 5.95 Å². The standard InChI is InChI=1S/C15H14FN3O2/c16-14-12(7-4-8-17-14)15(21)19-10-13(20)18-9-11-5-2-1-3-6-11/h1-8H,9-10H2,(H,18,20)(H,19,21). The maximum Gasteiger partial charge on any atom is 0.256 e. The van der Waals surface area contributed by atoms with Crippen LogP contribution in [0.1, 0.15) is 15.9 Å². The Labute approximate surface area is 121 Å². The first-order chi connectivity index (χ1) is 10.2. The summed E-state index contributed by atoms with van der Waals surface area (Å²) >= 11 is 0. The number of nitrogens with zero attached hydrogens (tertiary/aromatic N) is 1. The van der Waals surface area contributed by atoms with E-state index in [4.69, 9.17) is 0 Å². The number of benzene rings is 1. The van der Waals surface area contributed by atoms with Gasteiger partial charge in [0.1, 0.15) is 0 Å². The third-order valence-electron chi connectivity index (χ3n) is 2.75. The number of carbonyl (C=O) groups is 2. The Morgan fingerprint density at radius 3 is 2.52 bits per heavy atom. The van der Waals surface area contributed by atoms with Gasteiger partial charge in [0.2, 0.25) is 11.9 Å². The van der Waals surface area contributed by atoms with Crippen molar-refractivity contribution in [2.24, 2.45) is 0 Å². The molecule has 0 bridgehead atoms. The highest BCUT2D eigenvalue weighted by molar-refractivity contribution is 5.96. The number of nitrogens with one attached hydrogen (secondary N) is 2. The van der Waals surface area contributed by atoms with Crippen LogP contribution < -0.4 is 10.6 Å². The molecule has 2 amide bonds. The van der Waals surface area contributed by atoms with Crippen molar-refractivity contribution < 1.29 is 14.0 Å². The third-order valence-corrected chi connectivity index (χ3v) is 2.75. The van der Waals surface area contributed by atoms with E-state index in [9.17, 15) is 14.0 Å². The quantitative estimate of drug-likeness (QED) is 0.813. The summed E-state index contributed by atoms with van der Waals surface area (Å²) in [4.78, 5) is 26.7. The van der Waals surface area contributed by atoms with E-state index in [-0.39, 0.29) is 18.0 Å². The molecule has 0 atom stereocenters. The Balaban J connectivity index is 1.79. The molecule has 1 aromatic carbocycles. The highest BCUT2D eigenvalue weighted by Gasteiger charge is 2.12. The summed E-state index contributed by atoms with van der Waals surface area (Å²) in [6.07, 6.45) is 1.25. The van der Waals surface area contributed by atoms with Crippen molar-refractivity contribution >= 4 is 11.8 Å². The summed E-state index contributed by atoms with van der Waals surface area (Å²) in [5, 5.41) is 5.00. The molecule has 0 fully saturated rings. The second kappa shape index (κ2) is 7.14. The number of rotatable bonds is 5. The molecule has 1 aromatic heterocycles. The minimum atomic E-state index is -0.861. The Bertz CT molecular complexity index is 632. The minimum absolute atomic E-state index is 0.187. The SMILES string of the molecule is O=C(CNC(=O)c1cccnc1F)NCc1ccccc1. The van der Waals surface area contributed by atoms with Crippen LogP contribution in [-0.4, -0.2) is 23.3 Å². The monoisotopic (exact) mass is 287 g/mol. The summed E-state index contributed by atoms with van der Waals surface area (Å²) in [5.74, 6) is -1.88. The molecule has 0 saturated heterocycles. The molecule has 0 spiro atoms. The minimum Gasteiger partial charge on any atom is -0.350 e. The fourth-order valence-corrected chi connectivity index (χ4v) is 1.67. The number of hydrogen-bond donors (Lipinski definition) is 2. The maximum absolute atomic E-state index is 13.3. The van der Waals surface area contributed by atoms with Crippen LogP contribution in [0.5, 0.6) is 0 Å². The summed E-state index contributed by atoms with van der Waals surface area (Å²) in [6.45, 7) is 0.150. The number of hydrogen-bond acceptors (Lipinski definition) is 3. The Morgan fingerprint density at radius 2 is 1.81 bits per heavy atom. The molecule has 108 valence electrons. The molecule has 0 radical (unpaired) electrons. The molecule has 6 heteroatoms. The molecule has 2 aromatic rings. The average Bonchev–Trinajstić information content (AvgIpc) is 2.52. The zero-order valence-corrected chi connectivity index (χ0v) is 11.2. The van der Waals surface area contributed by atoms with Gasteiger partial charge in [-0.05, 0) is 17.7 Å². The smallest absolute Gasteiger partial charge is 0.256 e. The molecular weight excluding hydrogens is 273 g/mol. The van der Waals surface area contributed by atoms with Crippen molar-refractivity contribution in [3.8, 4) is 0 Å². The fourth-order valence-electron chi connectivity index (χ4n) is 1.67. The predicted molar refractivity (Wildman–Crippen MR) is 74.8 cm³/mol. The van der Waals surface area contributed by atoms with Gasteiger partial charge in [-0.15, -0.1) is 0 Å². The van der Waals surface area contributed by atoms with Gasteiger partial charge in [0, 0.05) is 12.7 Å². The molecule has 5 nitrogen and oxygen atoms in total. The van der Waals surface area contributed by atoms with Gasteiger partial charge < -0.3 is 10.6 Å². The Morgan fingerprint density at radius 1 is 1.05 bits per heavy atom. The van der Waals surface area contributed by atoms with Gasteiger partial charge in [0.15, 0.2) is 0 Å². The van der Waals surface area contributed by atoms with E-state index in [1.54, 1.807) is 0 Å². The van der Waals surface area contributed by atoms with E-state index >= 15 is 0 Å². The van der Waals surface area contributed by atoms with Gasteiger partial charge in [-0.1, -0.05) is 30.3 Å². The topological polar surface area (TPSA) is 71.1 Å². The summed E-state index contributed by atoms with van der Waals surface area (Å²) in [7, 11) is 0. The van der Waals surface area contributed by atoms with E-state index in [0.29, 0.717) is 6.54 Å². The molecule has 0 aliphatic heterocycles. The first kappa shape index (κ1) is 14.6. The summed E-state index contributed by atoms with van der Waals surface area (Å²) < 4.78 is 13.3. The van der Waals surface area contributed by atoms with Crippen LogP contribution >= 0.6 is 0 Å². The molecule has 21 heavy (non-hydrogen) atoms. The maximum atomic E-state index is 13.3. The van der Waals surface area contributed by atoms with Gasteiger partial charge in [-0.3, -0.25) is 9.59 Å². The van der Waals surface area contributed by atoms with Crippen molar-refractivity contribution in [2.75, 3.05) is 6.54 Å². The molecule has 0 aliphatic rings. The Kier molecular flexibility index (Phi) is 4.98. The second-order valence-corrected chi connectivity index (χ2v) is 4.29. The number of amides is 2. The Hall–Kier alpha value is -2.76. The second-order valence-electron chi connectivity index (χ2n) is 4.29. The third kappa shape index (κ3) is 4.38. The summed E-state index contributed by atoms with van der Waals surface area (Å²) in [5.41, 5.74) is 0.767. The van der Waals surface area contributed by atoms with Crippen LogP contribution in [-0.2, 0) is 11.3 Å². The van der Waals surface area contributed by atoms with Gasteiger partial charge >= 0.3 is 0 Å². The highest BCUT2D eigenvalue weighted by Crippen LogP contribution is 2.02. The van der Waals surface area contributed by atoms with Crippen molar-refractivity contribution in [3.05, 3.63) is 65.7 Å². The van der Waals surface area contributed by atoms with Crippen LogP contribution in [0.2, 0.25) is 0 Å². The number of halogens is 1. The molecule has 2 N–H and O–H groups in total. The zero-order chi connectivity index (χ0) is 15.1. The normalized spacial score (nSPS) is 9.95. The first-order valence-electron chi connectivity index (χ1n) is 6.36. The first-order valence-corrected chi connectivity index (χ1v) is 6.36. The van der Waals surface area contributed by atoms with Crippen molar-refractivity contribution in [1.29, 1.82) is 0 Å². The van der Waals surface area contributed by atoms with Gasteiger partial charge in [-0.2, -0.15) is 4.39 Å². The van der Waals surface area contributed by atoms with Crippen LogP contribution in [0.4, 0.5) is 4.39 Å². The zero-order valence-electron chi connectivity index (χ0n) is 11.2. The van der Waals surface area contributed by atoms with Crippen LogP contribution in [0.25, 0.3) is 0 Å². The van der Waals surface area contributed by atoms with Crippen LogP contribution in [0.3, 0.4) is 0 Å². The van der Waals surface area contributed by atoms with Crippen molar-refractivity contribution in [3.63, 3.8) is 0 Å². The lowest BCUT2D eigenvalue weighted by molar-refractivity contribution is -0.120. The lowest BCUT2D eigenvalue weighted by atomic mass is 10.2. The largest absolute Gasteiger partial charge is 0.350 e. The van der Waals surface area contributed by atoms with E-state index in [1.165, 1.54) is 18.3 Å². The van der Waals surface area contributed by atoms with Crippen molar-refractivity contribution in [1.82, 2.24) is 15.6 Å². The number of pyridine rings is 1. The van der Waals surface area contributed by atoms with E-state index in [0.717, 1.165) is 5.56 Å². The number of carbonyl (C=O) groups excluding carboxylic acids is 2. The molecular formula is C15H14FN3O2.